The van der Waals surface area contributed by atoms with Gasteiger partial charge < -0.3 is 5.32 Å². The minimum Gasteiger partial charge on any atom is -0.313 e. The molecule has 2 aromatic carbocycles. The van der Waals surface area contributed by atoms with Crippen LogP contribution in [-0.2, 0) is 6.54 Å². The lowest BCUT2D eigenvalue weighted by Crippen LogP contribution is -2.15. The van der Waals surface area contributed by atoms with Gasteiger partial charge in [-0.1, -0.05) is 19.1 Å². The Labute approximate surface area is 125 Å². The molecule has 0 aromatic heterocycles. The number of halogens is 2. The molecule has 0 aliphatic heterocycles. The quantitative estimate of drug-likeness (QED) is 0.783. The molecular formula is C18H21F2N. The molecule has 0 amide bonds. The molecule has 0 aliphatic rings. The molecule has 0 radical (unpaired) electrons. The van der Waals surface area contributed by atoms with Crippen molar-refractivity contribution in [3.63, 3.8) is 0 Å². The van der Waals surface area contributed by atoms with E-state index in [2.05, 4.69) is 12.2 Å². The molecule has 0 aliphatic carbocycles. The van der Waals surface area contributed by atoms with Crippen LogP contribution < -0.4 is 5.32 Å². The van der Waals surface area contributed by atoms with Crippen LogP contribution in [0.4, 0.5) is 8.78 Å². The largest absolute Gasteiger partial charge is 0.313 e. The zero-order chi connectivity index (χ0) is 15.4. The Kier molecular flexibility index (Phi) is 5.07. The number of rotatable bonds is 5. The van der Waals surface area contributed by atoms with Gasteiger partial charge in [-0.15, -0.1) is 0 Å². The minimum atomic E-state index is -0.294. The van der Waals surface area contributed by atoms with E-state index in [9.17, 15) is 8.78 Å². The van der Waals surface area contributed by atoms with Crippen LogP contribution in [0.1, 0.15) is 30.0 Å². The van der Waals surface area contributed by atoms with Crippen LogP contribution in [-0.4, -0.2) is 6.54 Å². The van der Waals surface area contributed by atoms with E-state index >= 15 is 0 Å². The summed E-state index contributed by atoms with van der Waals surface area (Å²) < 4.78 is 27.9. The normalized spacial score (nSPS) is 10.9. The SMILES string of the molecule is CCCNCc1cc(F)ccc1-c1c(C)cc(C)cc1F. The highest BCUT2D eigenvalue weighted by Gasteiger charge is 2.14. The maximum atomic E-state index is 14.4. The van der Waals surface area contributed by atoms with E-state index in [4.69, 9.17) is 0 Å². The molecule has 0 atom stereocenters. The highest BCUT2D eigenvalue weighted by molar-refractivity contribution is 5.71. The summed E-state index contributed by atoms with van der Waals surface area (Å²) in [5, 5.41) is 3.25. The molecule has 3 heteroatoms. The minimum absolute atomic E-state index is 0.254. The second kappa shape index (κ2) is 6.81. The van der Waals surface area contributed by atoms with Gasteiger partial charge in [-0.2, -0.15) is 0 Å². The summed E-state index contributed by atoms with van der Waals surface area (Å²) in [6.07, 6.45) is 1.00. The Morgan fingerprint density at radius 3 is 2.48 bits per heavy atom. The average Bonchev–Trinajstić information content (AvgIpc) is 2.40. The van der Waals surface area contributed by atoms with E-state index in [0.717, 1.165) is 35.2 Å². The molecule has 21 heavy (non-hydrogen) atoms. The molecule has 0 saturated heterocycles. The van der Waals surface area contributed by atoms with Crippen molar-refractivity contribution < 1.29 is 8.78 Å². The van der Waals surface area contributed by atoms with Crippen molar-refractivity contribution in [2.24, 2.45) is 0 Å². The van der Waals surface area contributed by atoms with Crippen molar-refractivity contribution >= 4 is 0 Å². The van der Waals surface area contributed by atoms with E-state index in [1.165, 1.54) is 18.2 Å². The lowest BCUT2D eigenvalue weighted by atomic mass is 9.94. The number of benzene rings is 2. The van der Waals surface area contributed by atoms with Crippen LogP contribution in [0.2, 0.25) is 0 Å². The Morgan fingerprint density at radius 1 is 1.05 bits per heavy atom. The van der Waals surface area contributed by atoms with E-state index in [0.29, 0.717) is 12.1 Å². The predicted octanol–water partition coefficient (Wildman–Crippen LogP) is 4.75. The number of aryl methyl sites for hydroxylation is 2. The highest BCUT2D eigenvalue weighted by Crippen LogP contribution is 2.31. The van der Waals surface area contributed by atoms with Crippen LogP contribution in [0.15, 0.2) is 30.3 Å². The second-order valence-corrected chi connectivity index (χ2v) is 5.42. The lowest BCUT2D eigenvalue weighted by molar-refractivity contribution is 0.616. The van der Waals surface area contributed by atoms with Gasteiger partial charge in [-0.3, -0.25) is 0 Å². The third kappa shape index (κ3) is 3.67. The first-order chi connectivity index (χ1) is 10.0. The molecule has 0 spiro atoms. The molecular weight excluding hydrogens is 268 g/mol. The molecule has 112 valence electrons. The number of nitrogens with one attached hydrogen (secondary N) is 1. The number of hydrogen-bond acceptors (Lipinski definition) is 1. The summed E-state index contributed by atoms with van der Waals surface area (Å²) in [4.78, 5) is 0. The van der Waals surface area contributed by atoms with Crippen molar-refractivity contribution in [3.8, 4) is 11.1 Å². The molecule has 0 bridgehead atoms. The molecule has 0 fully saturated rings. The van der Waals surface area contributed by atoms with Crippen molar-refractivity contribution in [1.82, 2.24) is 5.32 Å². The summed E-state index contributed by atoms with van der Waals surface area (Å²) in [6.45, 7) is 7.22. The summed E-state index contributed by atoms with van der Waals surface area (Å²) >= 11 is 0. The fourth-order valence-electron chi connectivity index (χ4n) is 2.61. The van der Waals surface area contributed by atoms with Gasteiger partial charge in [-0.25, -0.2) is 8.78 Å². The summed E-state index contributed by atoms with van der Waals surface area (Å²) in [6, 6.07) is 8.01. The van der Waals surface area contributed by atoms with Crippen LogP contribution >= 0.6 is 0 Å². The van der Waals surface area contributed by atoms with Crippen LogP contribution in [0.3, 0.4) is 0 Å². The van der Waals surface area contributed by atoms with Crippen molar-refractivity contribution in [2.45, 2.75) is 33.7 Å². The average molecular weight is 289 g/mol. The molecule has 0 saturated carbocycles. The van der Waals surface area contributed by atoms with Crippen LogP contribution in [0.5, 0.6) is 0 Å². The molecule has 2 aromatic rings. The first-order valence-corrected chi connectivity index (χ1v) is 7.29. The second-order valence-electron chi connectivity index (χ2n) is 5.42. The molecule has 2 rings (SSSR count). The van der Waals surface area contributed by atoms with E-state index in [1.54, 1.807) is 6.07 Å². The number of hydrogen-bond donors (Lipinski definition) is 1. The van der Waals surface area contributed by atoms with Gasteiger partial charge in [0.15, 0.2) is 0 Å². The van der Waals surface area contributed by atoms with E-state index < -0.39 is 0 Å². The zero-order valence-corrected chi connectivity index (χ0v) is 12.8. The standard InChI is InChI=1S/C18H21F2N/c1-4-7-21-11-14-10-15(19)5-6-16(14)18-13(3)8-12(2)9-17(18)20/h5-6,8-10,21H,4,7,11H2,1-3H3. The predicted molar refractivity (Wildman–Crippen MR) is 83.3 cm³/mol. The maximum Gasteiger partial charge on any atom is 0.131 e. The van der Waals surface area contributed by atoms with Gasteiger partial charge in [0, 0.05) is 12.1 Å². The van der Waals surface area contributed by atoms with Crippen molar-refractivity contribution in [1.29, 1.82) is 0 Å². The molecule has 1 N–H and O–H groups in total. The third-order valence-corrected chi connectivity index (χ3v) is 3.51. The third-order valence-electron chi connectivity index (χ3n) is 3.51. The van der Waals surface area contributed by atoms with Gasteiger partial charge >= 0.3 is 0 Å². The fraction of sp³-hybridized carbons (Fsp3) is 0.333. The van der Waals surface area contributed by atoms with Crippen molar-refractivity contribution in [3.05, 3.63) is 58.7 Å². The van der Waals surface area contributed by atoms with Gasteiger partial charge in [-0.05, 0) is 67.3 Å². The summed E-state index contributed by atoms with van der Waals surface area (Å²) in [5.41, 5.74) is 3.87. The highest BCUT2D eigenvalue weighted by atomic mass is 19.1. The van der Waals surface area contributed by atoms with E-state index in [-0.39, 0.29) is 11.6 Å². The van der Waals surface area contributed by atoms with Crippen LogP contribution in [0.25, 0.3) is 11.1 Å². The first kappa shape index (κ1) is 15.6. The van der Waals surface area contributed by atoms with Gasteiger partial charge in [0.05, 0.1) is 0 Å². The molecule has 0 heterocycles. The topological polar surface area (TPSA) is 12.0 Å². The Morgan fingerprint density at radius 2 is 1.81 bits per heavy atom. The molecule has 0 unspecified atom stereocenters. The summed E-state index contributed by atoms with van der Waals surface area (Å²) in [5.74, 6) is -0.548. The lowest BCUT2D eigenvalue weighted by Gasteiger charge is -2.14. The maximum absolute atomic E-state index is 14.4. The van der Waals surface area contributed by atoms with E-state index in [1.807, 2.05) is 19.9 Å². The Balaban J connectivity index is 2.48. The van der Waals surface area contributed by atoms with Crippen molar-refractivity contribution in [2.75, 3.05) is 6.54 Å². The Hall–Kier alpha value is -1.74. The monoisotopic (exact) mass is 289 g/mol. The van der Waals surface area contributed by atoms with Gasteiger partial charge in [0.2, 0.25) is 0 Å². The first-order valence-electron chi connectivity index (χ1n) is 7.29. The van der Waals surface area contributed by atoms with Crippen LogP contribution in [0, 0.1) is 25.5 Å². The Bertz CT molecular complexity index is 612. The van der Waals surface area contributed by atoms with Gasteiger partial charge in [0.1, 0.15) is 11.6 Å². The smallest absolute Gasteiger partial charge is 0.131 e. The summed E-state index contributed by atoms with van der Waals surface area (Å²) in [7, 11) is 0. The zero-order valence-electron chi connectivity index (χ0n) is 12.8. The molecule has 1 nitrogen and oxygen atoms in total. The van der Waals surface area contributed by atoms with Gasteiger partial charge in [0.25, 0.3) is 0 Å². The fourth-order valence-corrected chi connectivity index (χ4v) is 2.61.